The molecule has 56 heavy (non-hydrogen) atoms. The Morgan fingerprint density at radius 1 is 0.339 bits per heavy atom. The van der Waals surface area contributed by atoms with Gasteiger partial charge in [0.2, 0.25) is 0 Å². The molecule has 0 aromatic rings. The second kappa shape index (κ2) is 44.5. The van der Waals surface area contributed by atoms with E-state index in [1.807, 2.05) is 0 Å². The van der Waals surface area contributed by atoms with Crippen molar-refractivity contribution < 1.29 is 28.6 Å². The Labute approximate surface area is 348 Å². The third kappa shape index (κ3) is 43.5. The summed E-state index contributed by atoms with van der Waals surface area (Å²) in [5.74, 6) is -0.0688. The van der Waals surface area contributed by atoms with Crippen molar-refractivity contribution in [3.8, 4) is 0 Å². The van der Waals surface area contributed by atoms with Crippen molar-refractivity contribution in [1.29, 1.82) is 0 Å². The molecule has 0 heterocycles. The first-order valence-corrected chi connectivity index (χ1v) is 24.9. The predicted molar refractivity (Wildman–Crippen MR) is 238 cm³/mol. The number of ether oxygens (including phenoxy) is 3. The molecule has 0 aromatic heterocycles. The summed E-state index contributed by atoms with van der Waals surface area (Å²) in [6.45, 7) is 8.97. The van der Waals surface area contributed by atoms with Gasteiger partial charge in [-0.15, -0.1) is 0 Å². The Morgan fingerprint density at radius 2 is 0.589 bits per heavy atom. The zero-order chi connectivity index (χ0) is 41.0. The van der Waals surface area contributed by atoms with Gasteiger partial charge in [0, 0.05) is 19.3 Å². The molecule has 0 amide bonds. The summed E-state index contributed by atoms with van der Waals surface area (Å²) in [5.41, 5.74) is 0. The van der Waals surface area contributed by atoms with Gasteiger partial charge in [0.15, 0.2) is 6.10 Å². The van der Waals surface area contributed by atoms with Crippen LogP contribution < -0.4 is 0 Å². The average molecular weight is 793 g/mol. The van der Waals surface area contributed by atoms with Crippen LogP contribution in [0.25, 0.3) is 0 Å². The fourth-order valence-corrected chi connectivity index (χ4v) is 7.51. The zero-order valence-corrected chi connectivity index (χ0v) is 38.1. The monoisotopic (exact) mass is 793 g/mol. The number of hydrogen-bond acceptors (Lipinski definition) is 6. The predicted octanol–water partition coefficient (Wildman–Crippen LogP) is 15.9. The zero-order valence-electron chi connectivity index (χ0n) is 38.1. The van der Waals surface area contributed by atoms with Gasteiger partial charge in [0.1, 0.15) is 13.2 Å². The van der Waals surface area contributed by atoms with Crippen molar-refractivity contribution in [2.45, 2.75) is 284 Å². The van der Waals surface area contributed by atoms with E-state index in [9.17, 15) is 14.4 Å². The fraction of sp³-hybridized carbons (Fsp3) is 0.940. The molecule has 0 bridgehead atoms. The lowest BCUT2D eigenvalue weighted by Gasteiger charge is -2.18. The molecule has 6 nitrogen and oxygen atoms in total. The molecule has 0 aliphatic carbocycles. The highest BCUT2D eigenvalue weighted by Crippen LogP contribution is 2.17. The maximum Gasteiger partial charge on any atom is 0.306 e. The first-order chi connectivity index (χ1) is 27.4. The van der Waals surface area contributed by atoms with Gasteiger partial charge in [0.05, 0.1) is 0 Å². The first-order valence-electron chi connectivity index (χ1n) is 24.9. The van der Waals surface area contributed by atoms with Crippen LogP contribution in [0.1, 0.15) is 278 Å². The van der Waals surface area contributed by atoms with Crippen molar-refractivity contribution in [1.82, 2.24) is 0 Å². The maximum absolute atomic E-state index is 12.7. The van der Waals surface area contributed by atoms with E-state index in [1.165, 1.54) is 173 Å². The highest BCUT2D eigenvalue weighted by Gasteiger charge is 2.19. The van der Waals surface area contributed by atoms with E-state index in [0.717, 1.165) is 63.7 Å². The average Bonchev–Trinajstić information content (AvgIpc) is 3.18. The van der Waals surface area contributed by atoms with Gasteiger partial charge in [0.25, 0.3) is 0 Å². The molecule has 0 N–H and O–H groups in total. The number of hydrogen-bond donors (Lipinski definition) is 0. The van der Waals surface area contributed by atoms with Crippen molar-refractivity contribution in [2.24, 2.45) is 5.92 Å². The molecule has 0 fully saturated rings. The molecule has 0 spiro atoms. The Hall–Kier alpha value is -1.59. The fourth-order valence-electron chi connectivity index (χ4n) is 7.51. The number of unbranched alkanes of at least 4 members (excludes halogenated alkanes) is 32. The van der Waals surface area contributed by atoms with Crippen LogP contribution in [0.5, 0.6) is 0 Å². The van der Waals surface area contributed by atoms with Crippen molar-refractivity contribution in [3.63, 3.8) is 0 Å². The minimum atomic E-state index is -0.760. The number of esters is 3. The van der Waals surface area contributed by atoms with E-state index in [4.69, 9.17) is 14.2 Å². The molecule has 0 aromatic carbocycles. The summed E-state index contributed by atoms with van der Waals surface area (Å²) in [7, 11) is 0. The molecular weight excluding hydrogens is 697 g/mol. The first kappa shape index (κ1) is 54.4. The van der Waals surface area contributed by atoms with Gasteiger partial charge in [-0.25, -0.2) is 0 Å². The van der Waals surface area contributed by atoms with E-state index < -0.39 is 6.10 Å². The van der Waals surface area contributed by atoms with Crippen LogP contribution in [0.15, 0.2) is 0 Å². The van der Waals surface area contributed by atoms with Gasteiger partial charge in [-0.1, -0.05) is 240 Å². The quantitative estimate of drug-likeness (QED) is 0.0347. The molecule has 0 rings (SSSR count). The van der Waals surface area contributed by atoms with E-state index in [1.54, 1.807) is 0 Å². The van der Waals surface area contributed by atoms with E-state index >= 15 is 0 Å². The maximum atomic E-state index is 12.7. The SMILES string of the molecule is CCCCCCCCCCCCCCCCCCC(=O)OC[C@H](COC(=O)CCCCCCCCCC(C)C)OC(=O)CCCCCCCCCCCCCC. The Balaban J connectivity index is 4.28. The minimum absolute atomic E-state index is 0.0635. The second-order valence-corrected chi connectivity index (χ2v) is 17.6. The normalized spacial score (nSPS) is 11.9. The van der Waals surface area contributed by atoms with Crippen molar-refractivity contribution in [2.75, 3.05) is 13.2 Å². The summed E-state index contributed by atoms with van der Waals surface area (Å²) < 4.78 is 16.8. The van der Waals surface area contributed by atoms with Gasteiger partial charge in [-0.2, -0.15) is 0 Å². The smallest absolute Gasteiger partial charge is 0.306 e. The summed E-state index contributed by atoms with van der Waals surface area (Å²) >= 11 is 0. The summed E-state index contributed by atoms with van der Waals surface area (Å²) in [6, 6.07) is 0. The standard InChI is InChI=1S/C50H96O6/c1-5-7-9-11-13-15-17-19-20-21-22-24-25-29-33-37-41-48(51)54-44-47(45-55-49(52)42-38-34-31-27-28-32-36-40-46(3)4)56-50(53)43-39-35-30-26-23-18-16-14-12-10-8-6-2/h46-47H,5-45H2,1-4H3/t47-/m1/s1. The highest BCUT2D eigenvalue weighted by molar-refractivity contribution is 5.71. The topological polar surface area (TPSA) is 78.9 Å². The summed E-state index contributed by atoms with van der Waals surface area (Å²) in [5, 5.41) is 0. The van der Waals surface area contributed by atoms with Crippen LogP contribution in [0.3, 0.4) is 0 Å². The van der Waals surface area contributed by atoms with Gasteiger partial charge < -0.3 is 14.2 Å². The Kier molecular flexibility index (Phi) is 43.2. The van der Waals surface area contributed by atoms with Crippen LogP contribution in [0.4, 0.5) is 0 Å². The van der Waals surface area contributed by atoms with Crippen molar-refractivity contribution >= 4 is 17.9 Å². The molecule has 0 saturated heterocycles. The van der Waals surface area contributed by atoms with E-state index in [2.05, 4.69) is 27.7 Å². The lowest BCUT2D eigenvalue weighted by molar-refractivity contribution is -0.167. The number of carbonyl (C=O) groups excluding carboxylic acids is 3. The van der Waals surface area contributed by atoms with Gasteiger partial charge in [-0.05, 0) is 25.2 Å². The molecule has 0 aliphatic heterocycles. The third-order valence-electron chi connectivity index (χ3n) is 11.3. The summed E-state index contributed by atoms with van der Waals surface area (Å²) in [6.07, 6.45) is 45.2. The second-order valence-electron chi connectivity index (χ2n) is 17.6. The summed E-state index contributed by atoms with van der Waals surface area (Å²) in [4.78, 5) is 37.8. The van der Waals surface area contributed by atoms with Crippen LogP contribution in [-0.2, 0) is 28.6 Å². The lowest BCUT2D eigenvalue weighted by atomic mass is 10.0. The highest BCUT2D eigenvalue weighted by atomic mass is 16.6. The Bertz CT molecular complexity index is 841. The van der Waals surface area contributed by atoms with E-state index in [0.29, 0.717) is 19.3 Å². The van der Waals surface area contributed by atoms with Gasteiger partial charge >= 0.3 is 17.9 Å². The van der Waals surface area contributed by atoms with Crippen LogP contribution in [0.2, 0.25) is 0 Å². The molecule has 332 valence electrons. The lowest BCUT2D eigenvalue weighted by Crippen LogP contribution is -2.30. The molecule has 1 atom stereocenters. The third-order valence-corrected chi connectivity index (χ3v) is 11.3. The van der Waals surface area contributed by atoms with Crippen LogP contribution in [-0.4, -0.2) is 37.2 Å². The largest absolute Gasteiger partial charge is 0.462 e. The molecule has 0 saturated carbocycles. The minimum Gasteiger partial charge on any atom is -0.462 e. The van der Waals surface area contributed by atoms with Crippen molar-refractivity contribution in [3.05, 3.63) is 0 Å². The Morgan fingerprint density at radius 3 is 0.875 bits per heavy atom. The molecule has 0 aliphatic rings. The molecule has 6 heteroatoms. The van der Waals surface area contributed by atoms with Crippen LogP contribution >= 0.6 is 0 Å². The molecular formula is C50H96O6. The number of carbonyl (C=O) groups is 3. The van der Waals surface area contributed by atoms with Crippen LogP contribution in [0, 0.1) is 5.92 Å². The molecule has 0 unspecified atom stereocenters. The van der Waals surface area contributed by atoms with Gasteiger partial charge in [-0.3, -0.25) is 14.4 Å². The van der Waals surface area contributed by atoms with E-state index in [-0.39, 0.29) is 31.1 Å². The molecule has 0 radical (unpaired) electrons. The number of rotatable bonds is 45.